The van der Waals surface area contributed by atoms with E-state index in [4.69, 9.17) is 0 Å². The quantitative estimate of drug-likeness (QED) is 0.881. The third-order valence-corrected chi connectivity index (χ3v) is 5.50. The lowest BCUT2D eigenvalue weighted by Crippen LogP contribution is -2.50. The number of benzene rings is 1. The van der Waals surface area contributed by atoms with Crippen molar-refractivity contribution < 1.29 is 13.2 Å². The molecule has 0 aliphatic carbocycles. The van der Waals surface area contributed by atoms with E-state index in [1.54, 1.807) is 30.3 Å². The van der Waals surface area contributed by atoms with Crippen molar-refractivity contribution >= 4 is 16.1 Å². The maximum absolute atomic E-state index is 12.5. The number of carbonyl (C=O) groups is 1. The molecular weight excluding hydrogens is 302 g/mol. The predicted octanol–water partition coefficient (Wildman–Crippen LogP) is 1.55. The Bertz CT molecular complexity index is 594. The van der Waals surface area contributed by atoms with Gasteiger partial charge in [-0.1, -0.05) is 18.2 Å². The number of piperidine rings is 1. The molecule has 7 heteroatoms. The van der Waals surface area contributed by atoms with Gasteiger partial charge >= 0.3 is 6.03 Å². The second-order valence-electron chi connectivity index (χ2n) is 5.76. The first-order chi connectivity index (χ1) is 10.4. The largest absolute Gasteiger partial charge is 0.336 e. The van der Waals surface area contributed by atoms with E-state index < -0.39 is 10.0 Å². The highest BCUT2D eigenvalue weighted by Crippen LogP contribution is 2.20. The Morgan fingerprint density at radius 3 is 2.32 bits per heavy atom. The summed E-state index contributed by atoms with van der Waals surface area (Å²) < 4.78 is 26.5. The molecule has 1 saturated heterocycles. The van der Waals surface area contributed by atoms with Gasteiger partial charge in [-0.05, 0) is 38.8 Å². The van der Waals surface area contributed by atoms with Crippen molar-refractivity contribution in [1.82, 2.24) is 14.9 Å². The number of hydrogen-bond acceptors (Lipinski definition) is 3. The molecule has 0 spiro atoms. The number of carbonyl (C=O) groups excluding carboxylic acids is 1. The Balaban J connectivity index is 1.91. The van der Waals surface area contributed by atoms with Crippen LogP contribution in [0.4, 0.5) is 4.79 Å². The molecule has 2 amide bonds. The third-order valence-electron chi connectivity index (χ3n) is 3.59. The molecule has 1 aliphatic rings. The van der Waals surface area contributed by atoms with Gasteiger partial charge in [0.2, 0.25) is 10.0 Å². The maximum Gasteiger partial charge on any atom is 0.315 e. The van der Waals surface area contributed by atoms with Gasteiger partial charge in [0.15, 0.2) is 0 Å². The van der Waals surface area contributed by atoms with Gasteiger partial charge in [0.05, 0.1) is 4.90 Å². The average molecular weight is 325 g/mol. The summed E-state index contributed by atoms with van der Waals surface area (Å²) >= 11 is 0. The summed E-state index contributed by atoms with van der Waals surface area (Å²) in [6.45, 7) is 4.64. The van der Waals surface area contributed by atoms with Gasteiger partial charge in [-0.2, -0.15) is 4.31 Å². The van der Waals surface area contributed by atoms with Gasteiger partial charge in [-0.3, -0.25) is 0 Å². The molecule has 1 aromatic carbocycles. The number of nitrogens with one attached hydrogen (secondary N) is 2. The van der Waals surface area contributed by atoms with Crippen molar-refractivity contribution in [2.45, 2.75) is 43.7 Å². The van der Waals surface area contributed by atoms with E-state index >= 15 is 0 Å². The molecule has 2 rings (SSSR count). The summed E-state index contributed by atoms with van der Waals surface area (Å²) in [7, 11) is -3.43. The highest BCUT2D eigenvalue weighted by Gasteiger charge is 2.29. The molecule has 6 nitrogen and oxygen atoms in total. The molecule has 2 N–H and O–H groups in total. The second-order valence-corrected chi connectivity index (χ2v) is 7.70. The van der Waals surface area contributed by atoms with E-state index in [1.807, 2.05) is 13.8 Å². The number of urea groups is 1. The minimum absolute atomic E-state index is 0.0148. The SMILES string of the molecule is CC(C)NC(=O)NC1CCN(S(=O)(=O)c2ccccc2)CC1. The number of rotatable bonds is 4. The van der Waals surface area contributed by atoms with Crippen LogP contribution in [-0.4, -0.2) is 43.9 Å². The first kappa shape index (κ1) is 16.8. The highest BCUT2D eigenvalue weighted by atomic mass is 32.2. The fraction of sp³-hybridized carbons (Fsp3) is 0.533. The van der Waals surface area contributed by atoms with Crippen LogP contribution in [-0.2, 0) is 10.0 Å². The predicted molar refractivity (Wildman–Crippen MR) is 85.0 cm³/mol. The van der Waals surface area contributed by atoms with E-state index in [0.717, 1.165) is 0 Å². The van der Waals surface area contributed by atoms with Gasteiger partial charge in [-0.25, -0.2) is 13.2 Å². The Labute approximate surface area is 131 Å². The molecule has 1 aliphatic heterocycles. The number of amides is 2. The van der Waals surface area contributed by atoms with E-state index in [2.05, 4.69) is 10.6 Å². The standard InChI is InChI=1S/C15H23N3O3S/c1-12(2)16-15(19)17-13-8-10-18(11-9-13)22(20,21)14-6-4-3-5-7-14/h3-7,12-13H,8-11H2,1-2H3,(H2,16,17,19). The molecule has 1 heterocycles. The Morgan fingerprint density at radius 2 is 1.77 bits per heavy atom. The molecule has 0 aromatic heterocycles. The molecule has 0 bridgehead atoms. The molecule has 0 saturated carbocycles. The Hall–Kier alpha value is -1.60. The zero-order chi connectivity index (χ0) is 16.2. The Morgan fingerprint density at radius 1 is 1.18 bits per heavy atom. The van der Waals surface area contributed by atoms with Gasteiger partial charge in [0.25, 0.3) is 0 Å². The molecule has 0 radical (unpaired) electrons. The fourth-order valence-electron chi connectivity index (χ4n) is 2.47. The summed E-state index contributed by atoms with van der Waals surface area (Å²) in [5, 5.41) is 5.67. The van der Waals surface area contributed by atoms with Crippen molar-refractivity contribution in [1.29, 1.82) is 0 Å². The first-order valence-corrected chi connectivity index (χ1v) is 8.96. The van der Waals surface area contributed by atoms with E-state index in [9.17, 15) is 13.2 Å². The summed E-state index contributed by atoms with van der Waals surface area (Å²) in [6.07, 6.45) is 1.25. The first-order valence-electron chi connectivity index (χ1n) is 7.52. The van der Waals surface area contributed by atoms with Gasteiger partial charge < -0.3 is 10.6 Å². The lowest BCUT2D eigenvalue weighted by molar-refractivity contribution is 0.225. The number of nitrogens with zero attached hydrogens (tertiary/aromatic N) is 1. The summed E-state index contributed by atoms with van der Waals surface area (Å²) in [4.78, 5) is 12.0. The molecule has 1 aromatic rings. The summed E-state index contributed by atoms with van der Waals surface area (Å²) in [5.74, 6) is 0. The minimum atomic E-state index is -3.43. The topological polar surface area (TPSA) is 78.5 Å². The normalized spacial score (nSPS) is 17.4. The van der Waals surface area contributed by atoms with Crippen LogP contribution in [0.1, 0.15) is 26.7 Å². The van der Waals surface area contributed by atoms with Crippen LogP contribution < -0.4 is 10.6 Å². The number of hydrogen-bond donors (Lipinski definition) is 2. The molecular formula is C15H23N3O3S. The summed E-state index contributed by atoms with van der Waals surface area (Å²) in [6, 6.07) is 8.35. The van der Waals surface area contributed by atoms with E-state index in [-0.39, 0.29) is 18.1 Å². The van der Waals surface area contributed by atoms with Crippen LogP contribution in [0.25, 0.3) is 0 Å². The van der Waals surface area contributed by atoms with Crippen molar-refractivity contribution in [2.24, 2.45) is 0 Å². The van der Waals surface area contributed by atoms with Crippen LogP contribution >= 0.6 is 0 Å². The number of sulfonamides is 1. The van der Waals surface area contributed by atoms with Crippen LogP contribution in [0, 0.1) is 0 Å². The lowest BCUT2D eigenvalue weighted by atomic mass is 10.1. The maximum atomic E-state index is 12.5. The van der Waals surface area contributed by atoms with Crippen molar-refractivity contribution in [2.75, 3.05) is 13.1 Å². The van der Waals surface area contributed by atoms with Crippen LogP contribution in [0.3, 0.4) is 0 Å². The zero-order valence-electron chi connectivity index (χ0n) is 13.0. The highest BCUT2D eigenvalue weighted by molar-refractivity contribution is 7.89. The molecule has 122 valence electrons. The third kappa shape index (κ3) is 4.20. The lowest BCUT2D eigenvalue weighted by Gasteiger charge is -2.31. The fourth-order valence-corrected chi connectivity index (χ4v) is 3.96. The van der Waals surface area contributed by atoms with Gasteiger partial charge in [-0.15, -0.1) is 0 Å². The van der Waals surface area contributed by atoms with Crippen molar-refractivity contribution in [3.05, 3.63) is 30.3 Å². The van der Waals surface area contributed by atoms with Crippen molar-refractivity contribution in [3.8, 4) is 0 Å². The minimum Gasteiger partial charge on any atom is -0.336 e. The zero-order valence-corrected chi connectivity index (χ0v) is 13.8. The molecule has 0 atom stereocenters. The smallest absolute Gasteiger partial charge is 0.315 e. The molecule has 22 heavy (non-hydrogen) atoms. The van der Waals surface area contributed by atoms with E-state index in [0.29, 0.717) is 30.8 Å². The molecule has 1 fully saturated rings. The average Bonchev–Trinajstić information content (AvgIpc) is 2.48. The second kappa shape index (κ2) is 7.11. The summed E-state index contributed by atoms with van der Waals surface area (Å²) in [5.41, 5.74) is 0. The Kier molecular flexibility index (Phi) is 5.42. The van der Waals surface area contributed by atoms with Gasteiger partial charge in [0.1, 0.15) is 0 Å². The van der Waals surface area contributed by atoms with Crippen LogP contribution in [0.5, 0.6) is 0 Å². The van der Waals surface area contributed by atoms with Crippen LogP contribution in [0.2, 0.25) is 0 Å². The van der Waals surface area contributed by atoms with Gasteiger partial charge in [0, 0.05) is 25.2 Å². The monoisotopic (exact) mass is 325 g/mol. The van der Waals surface area contributed by atoms with Crippen molar-refractivity contribution in [3.63, 3.8) is 0 Å². The van der Waals surface area contributed by atoms with Crippen LogP contribution in [0.15, 0.2) is 35.2 Å². The van der Waals surface area contributed by atoms with E-state index in [1.165, 1.54) is 4.31 Å². The molecule has 0 unspecified atom stereocenters.